The van der Waals surface area contributed by atoms with Crippen molar-refractivity contribution in [3.05, 3.63) is 65.8 Å². The van der Waals surface area contributed by atoms with Gasteiger partial charge in [0.15, 0.2) is 46.0 Å². The van der Waals surface area contributed by atoms with Crippen LogP contribution < -0.4 is 47.4 Å². The smallest absolute Gasteiger partial charge is 0.339 e. The van der Waals surface area contributed by atoms with E-state index in [0.29, 0.717) is 86.9 Å². The number of halogens is 2. The molecule has 274 valence electrons. The Morgan fingerprint density at radius 1 is 0.519 bits per heavy atom. The summed E-state index contributed by atoms with van der Waals surface area (Å²) in [6.45, 7) is -0.406. The number of methoxy groups -OCH3 is 6. The predicted octanol–water partition coefficient (Wildman–Crippen LogP) is 6.79. The van der Waals surface area contributed by atoms with Crippen molar-refractivity contribution in [3.63, 3.8) is 0 Å². The first-order valence-corrected chi connectivity index (χ1v) is 17.5. The fourth-order valence-corrected chi connectivity index (χ4v) is 7.22. The Bertz CT molecular complexity index is 1900. The van der Waals surface area contributed by atoms with E-state index in [0.717, 1.165) is 0 Å². The van der Waals surface area contributed by atoms with Crippen molar-refractivity contribution in [1.82, 2.24) is 0 Å². The second-order valence-electron chi connectivity index (χ2n) is 10.9. The zero-order chi connectivity index (χ0) is 37.1. The molecule has 0 bridgehead atoms. The number of carbonyl (C=O) groups excluding carboxylic acids is 2. The van der Waals surface area contributed by atoms with Crippen LogP contribution in [0.2, 0.25) is 0 Å². The van der Waals surface area contributed by atoms with Crippen LogP contribution in [0, 0.1) is 7.14 Å². The van der Waals surface area contributed by atoms with Gasteiger partial charge in [0.25, 0.3) is 0 Å². The summed E-state index contributed by atoms with van der Waals surface area (Å²) in [7, 11) is 9.02. The Kier molecular flexibility index (Phi) is 11.3. The molecule has 2 aliphatic rings. The molecule has 4 aromatic carbocycles. The quantitative estimate of drug-likeness (QED) is 0.103. The number of hydrogen-bond donors (Lipinski definition) is 0. The molecule has 14 nitrogen and oxygen atoms in total. The van der Waals surface area contributed by atoms with Crippen LogP contribution in [-0.2, 0) is 22.7 Å². The number of esters is 2. The van der Waals surface area contributed by atoms with Crippen molar-refractivity contribution in [2.75, 3.05) is 56.2 Å². The molecule has 0 fully saturated rings. The third-order valence-corrected chi connectivity index (χ3v) is 10.5. The molecule has 0 atom stereocenters. The van der Waals surface area contributed by atoms with E-state index in [-0.39, 0.29) is 37.9 Å². The summed E-state index contributed by atoms with van der Waals surface area (Å²) in [5, 5.41) is 0. The molecule has 0 N–H and O–H groups in total. The SMILES string of the molecule is COc1cc(COC(=O)c2cc3c(cc2-c2cc4c(cc2C(=O)OCc2cc(OC)c(OC)c(OC)c2I)OCO4)OCO3)c(I)c(OC)c1OC. The van der Waals surface area contributed by atoms with Crippen molar-refractivity contribution in [1.29, 1.82) is 0 Å². The molecule has 4 aromatic rings. The average Bonchev–Trinajstić information content (AvgIpc) is 3.84. The second-order valence-corrected chi connectivity index (χ2v) is 13.0. The molecule has 0 unspecified atom stereocenters. The summed E-state index contributed by atoms with van der Waals surface area (Å²) in [5.41, 5.74) is 2.03. The topological polar surface area (TPSA) is 145 Å². The first-order chi connectivity index (χ1) is 25.2. The minimum atomic E-state index is -0.707. The first kappa shape index (κ1) is 37.1. The third-order valence-electron chi connectivity index (χ3n) is 8.16. The lowest BCUT2D eigenvalue weighted by Crippen LogP contribution is -2.12. The van der Waals surface area contributed by atoms with Gasteiger partial charge >= 0.3 is 11.9 Å². The average molecular weight is 942 g/mol. The Labute approximate surface area is 325 Å². The number of rotatable bonds is 13. The Hall–Kier alpha value is -4.72. The maximum absolute atomic E-state index is 14.0. The number of fused-ring (bicyclic) bond motifs is 2. The second kappa shape index (κ2) is 15.9. The van der Waals surface area contributed by atoms with Crippen LogP contribution in [0.15, 0.2) is 36.4 Å². The monoisotopic (exact) mass is 942 g/mol. The Morgan fingerprint density at radius 2 is 0.865 bits per heavy atom. The van der Waals surface area contributed by atoms with E-state index in [1.54, 1.807) is 24.3 Å². The van der Waals surface area contributed by atoms with Gasteiger partial charge in [-0.3, -0.25) is 0 Å². The molecule has 52 heavy (non-hydrogen) atoms. The lowest BCUT2D eigenvalue weighted by Gasteiger charge is -2.18. The summed E-state index contributed by atoms with van der Waals surface area (Å²) in [4.78, 5) is 28.0. The number of ether oxygens (including phenoxy) is 12. The molecule has 0 amide bonds. The van der Waals surface area contributed by atoms with Crippen molar-refractivity contribution >= 4 is 57.1 Å². The summed E-state index contributed by atoms with van der Waals surface area (Å²) >= 11 is 4.18. The van der Waals surface area contributed by atoms with E-state index in [4.69, 9.17) is 56.8 Å². The number of hydrogen-bond acceptors (Lipinski definition) is 14. The molecule has 16 heteroatoms. The summed E-state index contributed by atoms with van der Waals surface area (Å²) in [6.07, 6.45) is 0. The number of carbonyl (C=O) groups is 2. The highest BCUT2D eigenvalue weighted by molar-refractivity contribution is 14.1. The molecule has 0 saturated carbocycles. The van der Waals surface area contributed by atoms with Gasteiger partial charge in [-0.25, -0.2) is 9.59 Å². The maximum atomic E-state index is 14.0. The lowest BCUT2D eigenvalue weighted by atomic mass is 9.94. The zero-order valence-electron chi connectivity index (χ0n) is 28.8. The van der Waals surface area contributed by atoms with Crippen LogP contribution in [0.4, 0.5) is 0 Å². The summed E-state index contributed by atoms with van der Waals surface area (Å²) in [5.74, 6) is 2.48. The van der Waals surface area contributed by atoms with Gasteiger partial charge in [0, 0.05) is 22.3 Å². The Morgan fingerprint density at radius 3 is 1.19 bits per heavy atom. The normalized spacial score (nSPS) is 12.2. The van der Waals surface area contributed by atoms with Gasteiger partial charge in [0.2, 0.25) is 25.1 Å². The van der Waals surface area contributed by atoms with E-state index < -0.39 is 11.9 Å². The van der Waals surface area contributed by atoms with Crippen LogP contribution in [-0.4, -0.2) is 68.2 Å². The molecule has 2 heterocycles. The van der Waals surface area contributed by atoms with Crippen molar-refractivity contribution in [2.45, 2.75) is 13.2 Å². The lowest BCUT2D eigenvalue weighted by molar-refractivity contribution is 0.0460. The van der Waals surface area contributed by atoms with E-state index in [9.17, 15) is 9.59 Å². The van der Waals surface area contributed by atoms with Crippen LogP contribution in [0.1, 0.15) is 31.8 Å². The molecular formula is C36H32I2O14. The minimum Gasteiger partial charge on any atom is -0.493 e. The maximum Gasteiger partial charge on any atom is 0.339 e. The van der Waals surface area contributed by atoms with Crippen molar-refractivity contribution < 1.29 is 66.4 Å². The van der Waals surface area contributed by atoms with Gasteiger partial charge in [-0.1, -0.05) is 0 Å². The molecule has 0 aromatic heterocycles. The van der Waals surface area contributed by atoms with Gasteiger partial charge in [-0.05, 0) is 81.6 Å². The van der Waals surface area contributed by atoms with Gasteiger partial charge in [0.05, 0.1) is 60.9 Å². The van der Waals surface area contributed by atoms with E-state index in [1.807, 2.05) is 0 Å². The Balaban J connectivity index is 1.37. The molecular weight excluding hydrogens is 910 g/mol. The molecule has 0 radical (unpaired) electrons. The molecule has 2 aliphatic heterocycles. The van der Waals surface area contributed by atoms with Gasteiger partial charge < -0.3 is 56.8 Å². The van der Waals surface area contributed by atoms with Crippen LogP contribution >= 0.6 is 45.2 Å². The highest BCUT2D eigenvalue weighted by Gasteiger charge is 2.30. The largest absolute Gasteiger partial charge is 0.493 e. The predicted molar refractivity (Wildman–Crippen MR) is 200 cm³/mol. The fourth-order valence-electron chi connectivity index (χ4n) is 5.66. The van der Waals surface area contributed by atoms with Crippen molar-refractivity contribution in [3.8, 4) is 68.6 Å². The fraction of sp³-hybridized carbons (Fsp3) is 0.278. The first-order valence-electron chi connectivity index (χ1n) is 15.3. The molecule has 0 aliphatic carbocycles. The third kappa shape index (κ3) is 6.92. The standard InChI is InChI=1S/C36H32I2O14/c1-41-27-7-17(29(37)33(45-5)31(27)43-3)13-47-35(39)21-11-25-23(49-15-51-25)9-19(21)20-10-24-26(52-16-50-24)12-22(20)36(40)48-14-18-8-28(42-2)32(44-4)34(46-6)30(18)38/h7-12H,13-16H2,1-6H3. The van der Waals surface area contributed by atoms with E-state index in [2.05, 4.69) is 45.2 Å². The summed E-state index contributed by atoms with van der Waals surface area (Å²) in [6, 6.07) is 9.66. The van der Waals surface area contributed by atoms with Gasteiger partial charge in [0.1, 0.15) is 13.2 Å². The molecule has 0 saturated heterocycles. The van der Waals surface area contributed by atoms with Crippen molar-refractivity contribution in [2.24, 2.45) is 0 Å². The molecule has 6 rings (SSSR count). The van der Waals surface area contributed by atoms with Crippen LogP contribution in [0.25, 0.3) is 11.1 Å². The van der Waals surface area contributed by atoms with Crippen LogP contribution in [0.5, 0.6) is 57.5 Å². The van der Waals surface area contributed by atoms with Crippen LogP contribution in [0.3, 0.4) is 0 Å². The van der Waals surface area contributed by atoms with E-state index >= 15 is 0 Å². The van der Waals surface area contributed by atoms with E-state index in [1.165, 1.54) is 54.8 Å². The number of benzene rings is 4. The van der Waals surface area contributed by atoms with Gasteiger partial charge in [-0.15, -0.1) is 0 Å². The highest BCUT2D eigenvalue weighted by atomic mass is 127. The minimum absolute atomic E-state index is 0.0552. The van der Waals surface area contributed by atoms with Gasteiger partial charge in [-0.2, -0.15) is 0 Å². The highest BCUT2D eigenvalue weighted by Crippen LogP contribution is 2.46. The zero-order valence-corrected chi connectivity index (χ0v) is 33.1. The molecule has 0 spiro atoms. The summed E-state index contributed by atoms with van der Waals surface area (Å²) < 4.78 is 68.7.